The monoisotopic (exact) mass is 296 g/mol. The largest absolute Gasteiger partial charge is 0.492 e. The minimum atomic E-state index is -0.424. The van der Waals surface area contributed by atoms with Crippen molar-refractivity contribution in [2.24, 2.45) is 5.92 Å². The molecule has 0 aliphatic carbocycles. The smallest absolute Gasteiger partial charge is 0.269 e. The van der Waals surface area contributed by atoms with Crippen LogP contribution in [0.5, 0.6) is 5.75 Å². The molecule has 0 aliphatic rings. The Bertz CT molecular complexity index is 420. The lowest BCUT2D eigenvalue weighted by Gasteiger charge is -2.22. The van der Waals surface area contributed by atoms with E-state index in [-0.39, 0.29) is 5.69 Å². The molecule has 0 amide bonds. The van der Waals surface area contributed by atoms with Crippen LogP contribution in [0.4, 0.5) is 5.69 Å². The van der Waals surface area contributed by atoms with E-state index < -0.39 is 4.92 Å². The fraction of sp³-hybridized carbons (Fsp3) is 0.600. The van der Waals surface area contributed by atoms with Crippen LogP contribution in [0.1, 0.15) is 20.8 Å². The van der Waals surface area contributed by atoms with E-state index in [2.05, 4.69) is 19.2 Å². The van der Waals surface area contributed by atoms with Crippen LogP contribution in [0.2, 0.25) is 0 Å². The summed E-state index contributed by atoms with van der Waals surface area (Å²) in [6.45, 7) is 8.88. The van der Waals surface area contributed by atoms with Gasteiger partial charge in [0.2, 0.25) is 0 Å². The van der Waals surface area contributed by atoms with E-state index in [1.165, 1.54) is 12.1 Å². The molecule has 0 aliphatic heterocycles. The van der Waals surface area contributed by atoms with Crippen molar-refractivity contribution in [1.82, 2.24) is 5.32 Å². The molecule has 6 nitrogen and oxygen atoms in total. The number of rotatable bonds is 10. The van der Waals surface area contributed by atoms with Crippen molar-refractivity contribution in [2.75, 3.05) is 26.4 Å². The Morgan fingerprint density at radius 1 is 1.29 bits per heavy atom. The highest BCUT2D eigenvalue weighted by Crippen LogP contribution is 2.17. The Kier molecular flexibility index (Phi) is 7.71. The Morgan fingerprint density at radius 3 is 2.48 bits per heavy atom. The third-order valence-electron chi connectivity index (χ3n) is 3.13. The van der Waals surface area contributed by atoms with Gasteiger partial charge in [-0.05, 0) is 25.0 Å². The average molecular weight is 296 g/mol. The highest BCUT2D eigenvalue weighted by atomic mass is 16.6. The zero-order valence-corrected chi connectivity index (χ0v) is 12.9. The molecule has 0 fully saturated rings. The molecule has 0 radical (unpaired) electrons. The molecule has 0 heterocycles. The predicted molar refractivity (Wildman–Crippen MR) is 81.7 cm³/mol. The number of nitro groups is 1. The molecular formula is C15H24N2O4. The van der Waals surface area contributed by atoms with Crippen LogP contribution in [-0.4, -0.2) is 37.3 Å². The first-order valence-electron chi connectivity index (χ1n) is 7.23. The highest BCUT2D eigenvalue weighted by Gasteiger charge is 2.12. The summed E-state index contributed by atoms with van der Waals surface area (Å²) in [6, 6.07) is 6.39. The molecule has 1 rings (SSSR count). The van der Waals surface area contributed by atoms with Gasteiger partial charge < -0.3 is 14.8 Å². The minimum Gasteiger partial charge on any atom is -0.492 e. The van der Waals surface area contributed by atoms with Crippen LogP contribution < -0.4 is 10.1 Å². The van der Waals surface area contributed by atoms with Crippen molar-refractivity contribution in [2.45, 2.75) is 26.8 Å². The van der Waals surface area contributed by atoms with Gasteiger partial charge in [0.1, 0.15) is 12.4 Å². The molecule has 6 heteroatoms. The molecule has 0 saturated heterocycles. The number of ether oxygens (including phenoxy) is 2. The van der Waals surface area contributed by atoms with Crippen LogP contribution in [-0.2, 0) is 4.74 Å². The van der Waals surface area contributed by atoms with Crippen molar-refractivity contribution in [3.8, 4) is 5.75 Å². The quantitative estimate of drug-likeness (QED) is 0.408. The van der Waals surface area contributed by atoms with Crippen LogP contribution in [0.3, 0.4) is 0 Å². The zero-order chi connectivity index (χ0) is 15.7. The lowest BCUT2D eigenvalue weighted by atomic mass is 10.1. The van der Waals surface area contributed by atoms with Gasteiger partial charge in [-0.3, -0.25) is 10.1 Å². The van der Waals surface area contributed by atoms with Crippen LogP contribution in [0.15, 0.2) is 24.3 Å². The number of nitrogens with one attached hydrogen (secondary N) is 1. The van der Waals surface area contributed by atoms with E-state index in [4.69, 9.17) is 9.47 Å². The highest BCUT2D eigenvalue weighted by molar-refractivity contribution is 5.35. The van der Waals surface area contributed by atoms with Crippen molar-refractivity contribution in [1.29, 1.82) is 0 Å². The first-order valence-corrected chi connectivity index (χ1v) is 7.23. The van der Waals surface area contributed by atoms with Gasteiger partial charge in [-0.25, -0.2) is 0 Å². The third kappa shape index (κ3) is 6.55. The number of hydrogen-bond acceptors (Lipinski definition) is 5. The minimum absolute atomic E-state index is 0.0667. The summed E-state index contributed by atoms with van der Waals surface area (Å²) in [5.74, 6) is 1.12. The predicted octanol–water partition coefficient (Wildman–Crippen LogP) is 2.62. The van der Waals surface area contributed by atoms with Crippen LogP contribution >= 0.6 is 0 Å². The molecule has 1 aromatic carbocycles. The Balaban J connectivity index is 2.30. The summed E-state index contributed by atoms with van der Waals surface area (Å²) in [4.78, 5) is 10.1. The van der Waals surface area contributed by atoms with Crippen LogP contribution in [0, 0.1) is 16.0 Å². The molecular weight excluding hydrogens is 272 g/mol. The molecule has 21 heavy (non-hydrogen) atoms. The number of benzene rings is 1. The van der Waals surface area contributed by atoms with E-state index in [1.54, 1.807) is 12.1 Å². The summed E-state index contributed by atoms with van der Waals surface area (Å²) < 4.78 is 11.0. The van der Waals surface area contributed by atoms with Crippen molar-refractivity contribution in [3.63, 3.8) is 0 Å². The molecule has 0 saturated carbocycles. The Morgan fingerprint density at radius 2 is 1.95 bits per heavy atom. The second kappa shape index (κ2) is 9.31. The van der Waals surface area contributed by atoms with E-state index in [1.807, 2.05) is 6.92 Å². The molecule has 0 spiro atoms. The second-order valence-corrected chi connectivity index (χ2v) is 5.06. The van der Waals surface area contributed by atoms with Crippen molar-refractivity contribution >= 4 is 5.69 Å². The fourth-order valence-corrected chi connectivity index (χ4v) is 1.81. The maximum Gasteiger partial charge on any atom is 0.269 e. The van der Waals surface area contributed by atoms with E-state index in [9.17, 15) is 10.1 Å². The summed E-state index contributed by atoms with van der Waals surface area (Å²) >= 11 is 0. The van der Waals surface area contributed by atoms with Gasteiger partial charge in [0, 0.05) is 31.3 Å². The molecule has 1 N–H and O–H groups in total. The molecule has 1 unspecified atom stereocenters. The second-order valence-electron chi connectivity index (χ2n) is 5.06. The maximum absolute atomic E-state index is 10.5. The third-order valence-corrected chi connectivity index (χ3v) is 3.13. The van der Waals surface area contributed by atoms with Gasteiger partial charge in [0.25, 0.3) is 5.69 Å². The SMILES string of the molecule is CCOCC(NCCOc1ccc([N+](=O)[O-])cc1)C(C)C. The van der Waals surface area contributed by atoms with Gasteiger partial charge >= 0.3 is 0 Å². The lowest BCUT2D eigenvalue weighted by Crippen LogP contribution is -2.40. The van der Waals surface area contributed by atoms with Gasteiger partial charge in [-0.2, -0.15) is 0 Å². The van der Waals surface area contributed by atoms with E-state index in [0.29, 0.717) is 44.1 Å². The first-order chi connectivity index (χ1) is 10.0. The van der Waals surface area contributed by atoms with Gasteiger partial charge in [-0.15, -0.1) is 0 Å². The lowest BCUT2D eigenvalue weighted by molar-refractivity contribution is -0.384. The first kappa shape index (κ1) is 17.4. The Hall–Kier alpha value is -1.66. The molecule has 1 aromatic rings. The van der Waals surface area contributed by atoms with Crippen molar-refractivity contribution < 1.29 is 14.4 Å². The van der Waals surface area contributed by atoms with Gasteiger partial charge in [0.05, 0.1) is 11.5 Å². The summed E-state index contributed by atoms with van der Waals surface area (Å²) in [7, 11) is 0. The Labute approximate surface area is 125 Å². The van der Waals surface area contributed by atoms with E-state index in [0.717, 1.165) is 0 Å². The molecule has 0 aromatic heterocycles. The fourth-order valence-electron chi connectivity index (χ4n) is 1.81. The van der Waals surface area contributed by atoms with E-state index >= 15 is 0 Å². The summed E-state index contributed by atoms with van der Waals surface area (Å²) in [6.07, 6.45) is 0. The number of hydrogen-bond donors (Lipinski definition) is 1. The zero-order valence-electron chi connectivity index (χ0n) is 12.9. The topological polar surface area (TPSA) is 73.6 Å². The summed E-state index contributed by atoms with van der Waals surface area (Å²) in [5.41, 5.74) is 0.0667. The number of nitrogens with zero attached hydrogens (tertiary/aromatic N) is 1. The summed E-state index contributed by atoms with van der Waals surface area (Å²) in [5, 5.41) is 13.9. The average Bonchev–Trinajstić information content (AvgIpc) is 2.46. The molecule has 0 bridgehead atoms. The van der Waals surface area contributed by atoms with Gasteiger partial charge in [-0.1, -0.05) is 13.8 Å². The standard InChI is InChI=1S/C15H24N2O4/c1-4-20-11-15(12(2)3)16-9-10-21-14-7-5-13(6-8-14)17(18)19/h5-8,12,15-16H,4,9-11H2,1-3H3. The van der Waals surface area contributed by atoms with Crippen LogP contribution in [0.25, 0.3) is 0 Å². The van der Waals surface area contributed by atoms with Gasteiger partial charge in [0.15, 0.2) is 0 Å². The molecule has 118 valence electrons. The number of nitro benzene ring substituents is 1. The number of non-ortho nitro benzene ring substituents is 1. The maximum atomic E-state index is 10.5. The normalized spacial score (nSPS) is 12.4. The molecule has 1 atom stereocenters. The van der Waals surface area contributed by atoms with Crippen molar-refractivity contribution in [3.05, 3.63) is 34.4 Å².